The summed E-state index contributed by atoms with van der Waals surface area (Å²) < 4.78 is 57.4. The zero-order valence-electron chi connectivity index (χ0n) is 18.7. The Labute approximate surface area is 201 Å². The molecule has 0 unspecified atom stereocenters. The molecule has 1 amide bonds. The van der Waals surface area contributed by atoms with Crippen LogP contribution in [0.1, 0.15) is 5.56 Å². The molecule has 35 heavy (non-hydrogen) atoms. The van der Waals surface area contributed by atoms with Gasteiger partial charge < -0.3 is 14.2 Å². The van der Waals surface area contributed by atoms with Crippen molar-refractivity contribution in [3.8, 4) is 17.2 Å². The van der Waals surface area contributed by atoms with Crippen LogP contribution in [0.5, 0.6) is 17.2 Å². The van der Waals surface area contributed by atoms with Gasteiger partial charge in [0.1, 0.15) is 31.3 Å². The van der Waals surface area contributed by atoms with Crippen molar-refractivity contribution in [3.05, 3.63) is 78.1 Å². The van der Waals surface area contributed by atoms with E-state index in [1.165, 1.54) is 36.5 Å². The second kappa shape index (κ2) is 10.4. The normalized spacial score (nSPS) is 12.9. The predicted octanol–water partition coefficient (Wildman–Crippen LogP) is 2.95. The average Bonchev–Trinajstić information content (AvgIpc) is 2.88. The number of nitrogens with zero attached hydrogens (tertiary/aromatic N) is 2. The Morgan fingerprint density at radius 2 is 1.74 bits per heavy atom. The lowest BCUT2D eigenvalue weighted by atomic mass is 10.2. The number of sulfonamides is 1. The number of hydrogen-bond donors (Lipinski definition) is 1. The van der Waals surface area contributed by atoms with E-state index in [1.54, 1.807) is 31.4 Å². The summed E-state index contributed by atoms with van der Waals surface area (Å²) in [5, 5.41) is 3.89. The molecule has 1 N–H and O–H groups in total. The molecular formula is C24H22FN3O6S. The number of nitrogens with one attached hydrogen (secondary N) is 1. The van der Waals surface area contributed by atoms with Gasteiger partial charge in [0.2, 0.25) is 0 Å². The van der Waals surface area contributed by atoms with Gasteiger partial charge in [-0.2, -0.15) is 5.10 Å². The number of halogens is 1. The zero-order chi connectivity index (χ0) is 24.8. The van der Waals surface area contributed by atoms with Crippen LogP contribution in [0.4, 0.5) is 10.1 Å². The van der Waals surface area contributed by atoms with Crippen LogP contribution in [0.3, 0.4) is 0 Å². The molecule has 182 valence electrons. The van der Waals surface area contributed by atoms with Gasteiger partial charge in [-0.05, 0) is 66.2 Å². The first-order valence-corrected chi connectivity index (χ1v) is 11.9. The van der Waals surface area contributed by atoms with Gasteiger partial charge in [-0.25, -0.2) is 18.2 Å². The molecular weight excluding hydrogens is 477 g/mol. The van der Waals surface area contributed by atoms with E-state index in [0.29, 0.717) is 23.7 Å². The fourth-order valence-corrected chi connectivity index (χ4v) is 4.71. The minimum Gasteiger partial charge on any atom is -0.497 e. The van der Waals surface area contributed by atoms with Crippen molar-refractivity contribution in [2.75, 3.05) is 31.2 Å². The number of hydrazone groups is 1. The van der Waals surface area contributed by atoms with Crippen LogP contribution in [0.25, 0.3) is 0 Å². The summed E-state index contributed by atoms with van der Waals surface area (Å²) >= 11 is 0. The predicted molar refractivity (Wildman–Crippen MR) is 127 cm³/mol. The van der Waals surface area contributed by atoms with Crippen molar-refractivity contribution in [1.29, 1.82) is 0 Å². The van der Waals surface area contributed by atoms with Crippen molar-refractivity contribution >= 4 is 27.8 Å². The lowest BCUT2D eigenvalue weighted by Gasteiger charge is -2.25. The number of hydrogen-bond acceptors (Lipinski definition) is 7. The van der Waals surface area contributed by atoms with Crippen molar-refractivity contribution in [3.63, 3.8) is 0 Å². The highest BCUT2D eigenvalue weighted by Crippen LogP contribution is 2.34. The number of rotatable bonds is 8. The van der Waals surface area contributed by atoms with Crippen LogP contribution >= 0.6 is 0 Å². The number of benzene rings is 3. The largest absolute Gasteiger partial charge is 0.497 e. The number of fused-ring (bicyclic) bond motifs is 1. The van der Waals surface area contributed by atoms with E-state index in [-0.39, 0.29) is 22.9 Å². The Hall–Kier alpha value is -4.12. The van der Waals surface area contributed by atoms with Crippen molar-refractivity contribution < 1.29 is 31.8 Å². The van der Waals surface area contributed by atoms with Crippen molar-refractivity contribution in [2.45, 2.75) is 4.90 Å². The molecule has 0 atom stereocenters. The first-order chi connectivity index (χ1) is 16.9. The molecule has 0 spiro atoms. The maximum atomic E-state index is 13.5. The first-order valence-electron chi connectivity index (χ1n) is 10.5. The van der Waals surface area contributed by atoms with Gasteiger partial charge in [0.05, 0.1) is 23.9 Å². The van der Waals surface area contributed by atoms with Gasteiger partial charge in [0.25, 0.3) is 15.9 Å². The van der Waals surface area contributed by atoms with Crippen LogP contribution in [-0.4, -0.2) is 47.4 Å². The number of amides is 1. The summed E-state index contributed by atoms with van der Waals surface area (Å²) in [6, 6.07) is 15.9. The summed E-state index contributed by atoms with van der Waals surface area (Å²) in [5.74, 6) is 0.142. The molecule has 0 saturated heterocycles. The smallest absolute Gasteiger partial charge is 0.264 e. The number of anilines is 1. The van der Waals surface area contributed by atoms with E-state index in [0.717, 1.165) is 16.4 Å². The molecule has 1 heterocycles. The van der Waals surface area contributed by atoms with Gasteiger partial charge in [-0.3, -0.25) is 9.10 Å². The van der Waals surface area contributed by atoms with Gasteiger partial charge in [-0.15, -0.1) is 0 Å². The van der Waals surface area contributed by atoms with E-state index in [4.69, 9.17) is 14.2 Å². The van der Waals surface area contributed by atoms with E-state index < -0.39 is 28.3 Å². The molecule has 1 aliphatic rings. The molecule has 1 aliphatic heterocycles. The Morgan fingerprint density at radius 1 is 1.06 bits per heavy atom. The quantitative estimate of drug-likeness (QED) is 0.377. The number of methoxy groups -OCH3 is 1. The van der Waals surface area contributed by atoms with Crippen LogP contribution in [0.2, 0.25) is 0 Å². The average molecular weight is 500 g/mol. The molecule has 0 saturated carbocycles. The van der Waals surface area contributed by atoms with Crippen LogP contribution < -0.4 is 23.9 Å². The van der Waals surface area contributed by atoms with E-state index >= 15 is 0 Å². The Balaban J connectivity index is 1.56. The van der Waals surface area contributed by atoms with Gasteiger partial charge >= 0.3 is 0 Å². The summed E-state index contributed by atoms with van der Waals surface area (Å²) in [4.78, 5) is 12.5. The number of carbonyl (C=O) groups excluding carboxylic acids is 1. The maximum Gasteiger partial charge on any atom is 0.264 e. The van der Waals surface area contributed by atoms with E-state index in [9.17, 15) is 17.6 Å². The Kier molecular flexibility index (Phi) is 7.16. The van der Waals surface area contributed by atoms with Gasteiger partial charge in [-0.1, -0.05) is 0 Å². The molecule has 0 aliphatic carbocycles. The third-order valence-electron chi connectivity index (χ3n) is 5.02. The first kappa shape index (κ1) is 24.0. The molecule has 9 nitrogen and oxygen atoms in total. The van der Waals surface area contributed by atoms with Gasteiger partial charge in [0, 0.05) is 6.07 Å². The van der Waals surface area contributed by atoms with E-state index in [2.05, 4.69) is 10.5 Å². The summed E-state index contributed by atoms with van der Waals surface area (Å²) in [7, 11) is -2.68. The topological polar surface area (TPSA) is 107 Å². The minimum atomic E-state index is -4.23. The molecule has 0 aromatic heterocycles. The standard InChI is InChI=1S/C24H22FN3O6S/c1-32-20-8-2-17(3-9-20)15-26-27-24(29)16-28(19-6-4-18(25)5-7-19)35(30,31)21-10-11-22-23(14-21)34-13-12-33-22/h2-11,14-15H,12-13,16H2,1H3,(H,27,29). The molecule has 4 rings (SSSR count). The second-order valence-electron chi connectivity index (χ2n) is 7.36. The molecule has 3 aromatic carbocycles. The third kappa shape index (κ3) is 5.69. The fourth-order valence-electron chi connectivity index (χ4n) is 3.27. The van der Waals surface area contributed by atoms with Gasteiger partial charge in [0.15, 0.2) is 11.5 Å². The lowest BCUT2D eigenvalue weighted by Crippen LogP contribution is -2.39. The second-order valence-corrected chi connectivity index (χ2v) is 9.22. The third-order valence-corrected chi connectivity index (χ3v) is 6.79. The minimum absolute atomic E-state index is 0.107. The number of carbonyl (C=O) groups is 1. The van der Waals surface area contributed by atoms with Crippen LogP contribution in [0, 0.1) is 5.82 Å². The Bertz CT molecular complexity index is 1330. The highest BCUT2D eigenvalue weighted by molar-refractivity contribution is 7.92. The SMILES string of the molecule is COc1ccc(C=NNC(=O)CN(c2ccc(F)cc2)S(=O)(=O)c2ccc3c(c2)OCCO3)cc1. The highest BCUT2D eigenvalue weighted by atomic mass is 32.2. The van der Waals surface area contributed by atoms with Crippen molar-refractivity contribution in [1.82, 2.24) is 5.43 Å². The van der Waals surface area contributed by atoms with E-state index in [1.807, 2.05) is 0 Å². The summed E-state index contributed by atoms with van der Waals surface area (Å²) in [6.07, 6.45) is 1.41. The molecule has 0 radical (unpaired) electrons. The van der Waals surface area contributed by atoms with Crippen LogP contribution in [-0.2, 0) is 14.8 Å². The number of ether oxygens (including phenoxy) is 3. The van der Waals surface area contributed by atoms with Crippen LogP contribution in [0.15, 0.2) is 76.7 Å². The molecule has 11 heteroatoms. The molecule has 0 bridgehead atoms. The summed E-state index contributed by atoms with van der Waals surface area (Å²) in [6.45, 7) is 0.0488. The summed E-state index contributed by atoms with van der Waals surface area (Å²) in [5.41, 5.74) is 3.13. The van der Waals surface area contributed by atoms with Crippen molar-refractivity contribution in [2.24, 2.45) is 5.10 Å². The zero-order valence-corrected chi connectivity index (χ0v) is 19.5. The maximum absolute atomic E-state index is 13.5. The Morgan fingerprint density at radius 3 is 2.43 bits per heavy atom. The highest BCUT2D eigenvalue weighted by Gasteiger charge is 2.29. The monoisotopic (exact) mass is 499 g/mol. The lowest BCUT2D eigenvalue weighted by molar-refractivity contribution is -0.119. The molecule has 0 fully saturated rings. The molecule has 3 aromatic rings. The fraction of sp³-hybridized carbons (Fsp3) is 0.167.